The third kappa shape index (κ3) is 2.94. The molecular weight excluding hydrogens is 204 g/mol. The van der Waals surface area contributed by atoms with Crippen LogP contribution in [-0.4, -0.2) is 16.2 Å². The number of aryl methyl sites for hydroxylation is 1. The van der Waals surface area contributed by atoms with Gasteiger partial charge in [0.15, 0.2) is 0 Å². The Hall–Kier alpha value is -1.61. The van der Waals surface area contributed by atoms with Crippen LogP contribution in [-0.2, 0) is 11.4 Å². The van der Waals surface area contributed by atoms with Crippen molar-refractivity contribution in [3.63, 3.8) is 0 Å². The normalized spacial score (nSPS) is 11.6. The van der Waals surface area contributed by atoms with Crippen LogP contribution in [0.25, 0.3) is 6.08 Å². The van der Waals surface area contributed by atoms with Gasteiger partial charge in [0.2, 0.25) is 0 Å². The highest BCUT2D eigenvalue weighted by Gasteiger charge is 2.05. The van der Waals surface area contributed by atoms with Gasteiger partial charge in [0.05, 0.1) is 6.61 Å². The number of aliphatic hydroxyl groups is 1. The summed E-state index contributed by atoms with van der Waals surface area (Å²) in [5.74, 6) is -0.881. The molecule has 0 radical (unpaired) electrons. The lowest BCUT2D eigenvalue weighted by Crippen LogP contribution is -1.99. The summed E-state index contributed by atoms with van der Waals surface area (Å²) >= 11 is 0. The summed E-state index contributed by atoms with van der Waals surface area (Å²) in [6, 6.07) is 5.49. The number of aliphatic carboxylic acids is 1. The third-order valence-corrected chi connectivity index (χ3v) is 2.50. The van der Waals surface area contributed by atoms with E-state index in [1.54, 1.807) is 12.1 Å². The molecule has 1 aromatic carbocycles. The molecule has 16 heavy (non-hydrogen) atoms. The fourth-order valence-electron chi connectivity index (χ4n) is 1.50. The average Bonchev–Trinajstić information content (AvgIpc) is 2.26. The van der Waals surface area contributed by atoms with Crippen LogP contribution < -0.4 is 0 Å². The van der Waals surface area contributed by atoms with E-state index in [1.807, 2.05) is 26.0 Å². The number of hydrogen-bond donors (Lipinski definition) is 2. The first-order valence-electron chi connectivity index (χ1n) is 5.22. The van der Waals surface area contributed by atoms with E-state index in [9.17, 15) is 4.79 Å². The number of aliphatic hydroxyl groups excluding tert-OH is 1. The second kappa shape index (κ2) is 5.47. The van der Waals surface area contributed by atoms with Crippen molar-refractivity contribution in [3.8, 4) is 0 Å². The molecule has 0 heterocycles. The Morgan fingerprint density at radius 1 is 1.44 bits per heavy atom. The second-order valence-electron chi connectivity index (χ2n) is 3.68. The van der Waals surface area contributed by atoms with Crippen LogP contribution in [0.4, 0.5) is 0 Å². The maximum Gasteiger partial charge on any atom is 0.331 e. The molecule has 0 saturated heterocycles. The van der Waals surface area contributed by atoms with Gasteiger partial charge < -0.3 is 10.2 Å². The number of carboxylic acid groups (broad SMARTS) is 1. The van der Waals surface area contributed by atoms with Crippen LogP contribution in [0, 0.1) is 6.92 Å². The number of benzene rings is 1. The van der Waals surface area contributed by atoms with Gasteiger partial charge >= 0.3 is 5.97 Å². The molecule has 0 aliphatic heterocycles. The van der Waals surface area contributed by atoms with Gasteiger partial charge in [0.1, 0.15) is 0 Å². The summed E-state index contributed by atoms with van der Waals surface area (Å²) in [5, 5.41) is 17.9. The molecule has 0 amide bonds. The second-order valence-corrected chi connectivity index (χ2v) is 3.68. The molecule has 0 saturated carbocycles. The quantitative estimate of drug-likeness (QED) is 0.766. The summed E-state index contributed by atoms with van der Waals surface area (Å²) in [4.78, 5) is 10.9. The fraction of sp³-hybridized carbons (Fsp3) is 0.308. The van der Waals surface area contributed by atoms with Crippen LogP contribution in [0.1, 0.15) is 30.0 Å². The lowest BCUT2D eigenvalue weighted by molar-refractivity contribution is -0.132. The molecule has 0 aliphatic rings. The minimum Gasteiger partial charge on any atom is -0.478 e. The highest BCUT2D eigenvalue weighted by Crippen LogP contribution is 2.16. The molecule has 3 nitrogen and oxygen atoms in total. The fourth-order valence-corrected chi connectivity index (χ4v) is 1.50. The summed E-state index contributed by atoms with van der Waals surface area (Å²) < 4.78 is 0. The van der Waals surface area contributed by atoms with Crippen molar-refractivity contribution >= 4 is 12.0 Å². The van der Waals surface area contributed by atoms with Crippen molar-refractivity contribution < 1.29 is 15.0 Å². The molecule has 0 bridgehead atoms. The maximum absolute atomic E-state index is 10.9. The van der Waals surface area contributed by atoms with Crippen LogP contribution in [0.3, 0.4) is 0 Å². The van der Waals surface area contributed by atoms with Crippen molar-refractivity contribution in [3.05, 3.63) is 40.5 Å². The summed E-state index contributed by atoms with van der Waals surface area (Å²) in [5.41, 5.74) is 3.08. The van der Waals surface area contributed by atoms with Gasteiger partial charge in [-0.3, -0.25) is 0 Å². The van der Waals surface area contributed by atoms with Crippen LogP contribution in [0.2, 0.25) is 0 Å². The SMILES string of the molecule is CCC(=Cc1ccc(CO)cc1C)C(=O)O. The van der Waals surface area contributed by atoms with E-state index in [0.717, 1.165) is 16.7 Å². The maximum atomic E-state index is 10.9. The van der Waals surface area contributed by atoms with Gasteiger partial charge in [-0.05, 0) is 36.1 Å². The van der Waals surface area contributed by atoms with Gasteiger partial charge in [-0.25, -0.2) is 4.79 Å². The molecule has 0 unspecified atom stereocenters. The Bertz CT molecular complexity index is 419. The molecule has 3 heteroatoms. The van der Waals surface area contributed by atoms with E-state index in [2.05, 4.69) is 0 Å². The number of hydrogen-bond acceptors (Lipinski definition) is 2. The van der Waals surface area contributed by atoms with Gasteiger partial charge in [-0.1, -0.05) is 25.1 Å². The van der Waals surface area contributed by atoms with E-state index in [4.69, 9.17) is 10.2 Å². The zero-order valence-electron chi connectivity index (χ0n) is 9.53. The van der Waals surface area contributed by atoms with Crippen molar-refractivity contribution in [1.29, 1.82) is 0 Å². The predicted molar refractivity (Wildman–Crippen MR) is 63.0 cm³/mol. The summed E-state index contributed by atoms with van der Waals surface area (Å²) in [6.45, 7) is 3.72. The predicted octanol–water partition coefficient (Wildman–Crippen LogP) is 2.37. The van der Waals surface area contributed by atoms with E-state index in [-0.39, 0.29) is 6.61 Å². The smallest absolute Gasteiger partial charge is 0.331 e. The third-order valence-electron chi connectivity index (χ3n) is 2.50. The molecule has 0 atom stereocenters. The van der Waals surface area contributed by atoms with E-state index >= 15 is 0 Å². The Labute approximate surface area is 95.0 Å². The van der Waals surface area contributed by atoms with Crippen LogP contribution in [0.15, 0.2) is 23.8 Å². The first-order chi connectivity index (χ1) is 7.58. The molecule has 1 rings (SSSR count). The van der Waals surface area contributed by atoms with Gasteiger partial charge in [0.25, 0.3) is 0 Å². The average molecular weight is 220 g/mol. The molecule has 0 aliphatic carbocycles. The minimum absolute atomic E-state index is 0.00436. The first-order valence-corrected chi connectivity index (χ1v) is 5.22. The van der Waals surface area contributed by atoms with Gasteiger partial charge in [0, 0.05) is 5.57 Å². The Balaban J connectivity index is 3.10. The Morgan fingerprint density at radius 2 is 2.12 bits per heavy atom. The highest BCUT2D eigenvalue weighted by atomic mass is 16.4. The lowest BCUT2D eigenvalue weighted by atomic mass is 10.0. The van der Waals surface area contributed by atoms with Crippen LogP contribution >= 0.6 is 0 Å². The van der Waals surface area contributed by atoms with Crippen molar-refractivity contribution in [2.24, 2.45) is 0 Å². The van der Waals surface area contributed by atoms with Crippen molar-refractivity contribution in [1.82, 2.24) is 0 Å². The van der Waals surface area contributed by atoms with Crippen molar-refractivity contribution in [2.45, 2.75) is 26.9 Å². The van der Waals surface area contributed by atoms with Gasteiger partial charge in [-0.2, -0.15) is 0 Å². The highest BCUT2D eigenvalue weighted by molar-refractivity contribution is 5.92. The zero-order chi connectivity index (χ0) is 12.1. The minimum atomic E-state index is -0.881. The molecular formula is C13H16O3. The number of rotatable bonds is 4. The summed E-state index contributed by atoms with van der Waals surface area (Å²) in [6.07, 6.45) is 2.18. The van der Waals surface area contributed by atoms with E-state index < -0.39 is 5.97 Å². The van der Waals surface area contributed by atoms with E-state index in [1.165, 1.54) is 0 Å². The molecule has 0 fully saturated rings. The van der Waals surface area contributed by atoms with Crippen LogP contribution in [0.5, 0.6) is 0 Å². The monoisotopic (exact) mass is 220 g/mol. The molecule has 1 aromatic rings. The van der Waals surface area contributed by atoms with E-state index in [0.29, 0.717) is 12.0 Å². The molecule has 0 spiro atoms. The zero-order valence-corrected chi connectivity index (χ0v) is 9.53. The first kappa shape index (κ1) is 12.5. The number of carbonyl (C=O) groups is 1. The topological polar surface area (TPSA) is 57.5 Å². The lowest BCUT2D eigenvalue weighted by Gasteiger charge is -2.05. The standard InChI is InChI=1S/C13H16O3/c1-3-11(13(15)16)7-12-5-4-10(8-14)6-9(12)2/h4-7,14H,3,8H2,1-2H3,(H,15,16). The Kier molecular flexibility index (Phi) is 4.26. The summed E-state index contributed by atoms with van der Waals surface area (Å²) in [7, 11) is 0. The molecule has 0 aromatic heterocycles. The molecule has 2 N–H and O–H groups in total. The van der Waals surface area contributed by atoms with Crippen molar-refractivity contribution in [2.75, 3.05) is 0 Å². The largest absolute Gasteiger partial charge is 0.478 e. The number of carboxylic acids is 1. The van der Waals surface area contributed by atoms with Gasteiger partial charge in [-0.15, -0.1) is 0 Å². The Morgan fingerprint density at radius 3 is 2.56 bits per heavy atom. The molecule has 86 valence electrons.